The van der Waals surface area contributed by atoms with E-state index in [9.17, 15) is 9.18 Å². The van der Waals surface area contributed by atoms with E-state index in [0.29, 0.717) is 13.0 Å². The first kappa shape index (κ1) is 25.0. The quantitative estimate of drug-likeness (QED) is 0.386. The van der Waals surface area contributed by atoms with Crippen LogP contribution < -0.4 is 14.8 Å². The Kier molecular flexibility index (Phi) is 7.56. The number of esters is 1. The van der Waals surface area contributed by atoms with Gasteiger partial charge in [-0.2, -0.15) is 0 Å². The number of methoxy groups -OCH3 is 1. The van der Waals surface area contributed by atoms with Crippen molar-refractivity contribution < 1.29 is 23.4 Å². The monoisotopic (exact) mass is 501 g/mol. The predicted octanol–water partition coefficient (Wildman–Crippen LogP) is 5.97. The first-order chi connectivity index (χ1) is 18.0. The second-order valence-corrected chi connectivity index (χ2v) is 9.61. The van der Waals surface area contributed by atoms with Crippen molar-refractivity contribution in [1.29, 1.82) is 0 Å². The van der Waals surface area contributed by atoms with Crippen LogP contribution in [0, 0.1) is 5.82 Å². The Labute approximate surface area is 217 Å². The van der Waals surface area contributed by atoms with Crippen LogP contribution in [0.5, 0.6) is 11.5 Å². The van der Waals surface area contributed by atoms with Crippen LogP contribution in [0.4, 0.5) is 4.39 Å². The van der Waals surface area contributed by atoms with Crippen molar-refractivity contribution in [2.24, 2.45) is 0 Å². The highest BCUT2D eigenvalue weighted by atomic mass is 19.1. The summed E-state index contributed by atoms with van der Waals surface area (Å²) in [5.74, 6) is -0.232. The number of aryl methyl sites for hydroxylation is 1. The fourth-order valence-electron chi connectivity index (χ4n) is 5.27. The molecule has 0 bridgehead atoms. The second-order valence-electron chi connectivity index (χ2n) is 9.61. The van der Waals surface area contributed by atoms with Crippen molar-refractivity contribution in [3.05, 3.63) is 100 Å². The number of benzene rings is 3. The summed E-state index contributed by atoms with van der Waals surface area (Å²) >= 11 is 0. The lowest BCUT2D eigenvalue weighted by Crippen LogP contribution is -2.37. The van der Waals surface area contributed by atoms with Crippen LogP contribution in [0.2, 0.25) is 0 Å². The summed E-state index contributed by atoms with van der Waals surface area (Å²) in [4.78, 5) is 11.4. The van der Waals surface area contributed by atoms with Crippen molar-refractivity contribution in [2.45, 2.75) is 44.2 Å². The molecular weight excluding hydrogens is 469 g/mol. The Morgan fingerprint density at radius 2 is 2.03 bits per heavy atom. The summed E-state index contributed by atoms with van der Waals surface area (Å²) < 4.78 is 31.1. The van der Waals surface area contributed by atoms with Crippen molar-refractivity contribution in [2.75, 3.05) is 20.3 Å². The van der Waals surface area contributed by atoms with E-state index >= 15 is 0 Å². The molecule has 0 radical (unpaired) electrons. The largest absolute Gasteiger partial charge is 0.489 e. The van der Waals surface area contributed by atoms with E-state index in [0.717, 1.165) is 29.7 Å². The van der Waals surface area contributed by atoms with E-state index in [2.05, 4.69) is 47.3 Å². The first-order valence-corrected chi connectivity index (χ1v) is 12.8. The Morgan fingerprint density at radius 3 is 2.86 bits per heavy atom. The van der Waals surface area contributed by atoms with Gasteiger partial charge < -0.3 is 19.5 Å². The minimum absolute atomic E-state index is 0.0244. The smallest absolute Gasteiger partial charge is 0.343 e. The molecule has 3 atom stereocenters. The zero-order chi connectivity index (χ0) is 25.8. The molecule has 1 aliphatic heterocycles. The van der Waals surface area contributed by atoms with E-state index in [1.807, 2.05) is 30.3 Å². The predicted molar refractivity (Wildman–Crippen MR) is 141 cm³/mol. The standard InChI is InChI=1S/C31H32FNO4/c1-20(24-12-7-9-21-8-3-4-10-25(21)24)33-18-23-17-27(26-11-5-6-13-29(26)37-23)22-14-15-30(28(32)16-22)36-19-31(34)35-2/h4-7,9-16,20,23,27,33H,3,8,17-19H2,1-2H3/t20-,23-,27-/m1/s1. The fourth-order valence-corrected chi connectivity index (χ4v) is 5.27. The average Bonchev–Trinajstić information content (AvgIpc) is 2.94. The minimum Gasteiger partial charge on any atom is -0.489 e. The van der Waals surface area contributed by atoms with Gasteiger partial charge in [0, 0.05) is 24.1 Å². The maximum absolute atomic E-state index is 14.9. The van der Waals surface area contributed by atoms with Gasteiger partial charge in [-0.25, -0.2) is 9.18 Å². The van der Waals surface area contributed by atoms with Crippen LogP contribution in [0.1, 0.15) is 59.5 Å². The molecule has 1 N–H and O–H groups in total. The molecule has 0 saturated heterocycles. The molecular formula is C31H32FNO4. The molecule has 6 heteroatoms. The highest BCUT2D eigenvalue weighted by Gasteiger charge is 2.30. The van der Waals surface area contributed by atoms with Gasteiger partial charge in [-0.1, -0.05) is 54.6 Å². The Morgan fingerprint density at radius 1 is 1.16 bits per heavy atom. The highest BCUT2D eigenvalue weighted by molar-refractivity contribution is 5.70. The van der Waals surface area contributed by atoms with Crippen LogP contribution in [0.3, 0.4) is 0 Å². The van der Waals surface area contributed by atoms with Gasteiger partial charge in [0.1, 0.15) is 11.9 Å². The van der Waals surface area contributed by atoms with Gasteiger partial charge in [0.2, 0.25) is 0 Å². The van der Waals surface area contributed by atoms with Crippen LogP contribution >= 0.6 is 0 Å². The summed E-state index contributed by atoms with van der Waals surface area (Å²) in [6.07, 6.45) is 7.30. The molecule has 5 nitrogen and oxygen atoms in total. The van der Waals surface area contributed by atoms with Crippen LogP contribution in [0.15, 0.2) is 66.7 Å². The Hall–Kier alpha value is -3.64. The summed E-state index contributed by atoms with van der Waals surface area (Å²) in [6, 6.07) is 19.6. The molecule has 0 fully saturated rings. The molecule has 0 saturated carbocycles. The molecule has 1 heterocycles. The van der Waals surface area contributed by atoms with Gasteiger partial charge in [-0.05, 0) is 66.6 Å². The summed E-state index contributed by atoms with van der Waals surface area (Å²) in [6.45, 7) is 2.52. The van der Waals surface area contributed by atoms with Crippen molar-refractivity contribution in [3.63, 3.8) is 0 Å². The zero-order valence-electron chi connectivity index (χ0n) is 21.2. The van der Waals surface area contributed by atoms with Gasteiger partial charge in [-0.15, -0.1) is 0 Å². The number of ether oxygens (including phenoxy) is 3. The van der Waals surface area contributed by atoms with Crippen molar-refractivity contribution in [3.8, 4) is 11.5 Å². The van der Waals surface area contributed by atoms with Crippen molar-refractivity contribution >= 4 is 12.0 Å². The molecule has 192 valence electrons. The molecule has 0 amide bonds. The third kappa shape index (κ3) is 5.54. The number of nitrogens with one attached hydrogen (secondary N) is 1. The topological polar surface area (TPSA) is 56.8 Å². The summed E-state index contributed by atoms with van der Waals surface area (Å²) in [5, 5.41) is 3.68. The number of hydrogen-bond acceptors (Lipinski definition) is 5. The third-order valence-electron chi connectivity index (χ3n) is 7.23. The number of fused-ring (bicyclic) bond motifs is 2. The molecule has 0 spiro atoms. The zero-order valence-corrected chi connectivity index (χ0v) is 21.2. The van der Waals surface area contributed by atoms with E-state index in [4.69, 9.17) is 9.47 Å². The molecule has 0 unspecified atom stereocenters. The number of para-hydroxylation sites is 1. The average molecular weight is 502 g/mol. The van der Waals surface area contributed by atoms with Gasteiger partial charge in [0.25, 0.3) is 0 Å². The van der Waals surface area contributed by atoms with E-state index in [-0.39, 0.29) is 30.4 Å². The molecule has 0 aromatic heterocycles. The molecule has 37 heavy (non-hydrogen) atoms. The third-order valence-corrected chi connectivity index (χ3v) is 7.23. The van der Waals surface area contributed by atoms with E-state index in [1.165, 1.54) is 29.9 Å². The van der Waals surface area contributed by atoms with Gasteiger partial charge in [-0.3, -0.25) is 0 Å². The van der Waals surface area contributed by atoms with Gasteiger partial charge >= 0.3 is 5.97 Å². The fraction of sp³-hybridized carbons (Fsp3) is 0.323. The lowest BCUT2D eigenvalue weighted by atomic mass is 9.84. The lowest BCUT2D eigenvalue weighted by molar-refractivity contribution is -0.142. The maximum Gasteiger partial charge on any atom is 0.343 e. The van der Waals surface area contributed by atoms with Gasteiger partial charge in [0.15, 0.2) is 18.2 Å². The lowest BCUT2D eigenvalue weighted by Gasteiger charge is -2.33. The SMILES string of the molecule is COC(=O)COc1ccc([C@H]2C[C@H](CN[C@H](C)c3cccc4c3C=CCC4)Oc3ccccc32)cc1F. The molecule has 2 aliphatic rings. The van der Waals surface area contributed by atoms with Crippen molar-refractivity contribution in [1.82, 2.24) is 5.32 Å². The minimum atomic E-state index is -0.557. The molecule has 3 aromatic carbocycles. The first-order valence-electron chi connectivity index (χ1n) is 12.8. The number of carbonyl (C=O) groups is 1. The molecule has 1 aliphatic carbocycles. The van der Waals surface area contributed by atoms with E-state index < -0.39 is 11.8 Å². The number of halogens is 1. The highest BCUT2D eigenvalue weighted by Crippen LogP contribution is 2.41. The molecule has 3 aromatic rings. The van der Waals surface area contributed by atoms with E-state index in [1.54, 1.807) is 6.07 Å². The summed E-state index contributed by atoms with van der Waals surface area (Å²) in [5.41, 5.74) is 5.91. The molecule has 5 rings (SSSR count). The maximum atomic E-state index is 14.9. The number of hydrogen-bond donors (Lipinski definition) is 1. The Balaban J connectivity index is 1.32. The number of rotatable bonds is 8. The van der Waals surface area contributed by atoms with Gasteiger partial charge in [0.05, 0.1) is 7.11 Å². The number of allylic oxidation sites excluding steroid dienone is 1. The normalized spacial score (nSPS) is 18.8. The Bertz CT molecular complexity index is 1300. The van der Waals surface area contributed by atoms with Crippen LogP contribution in [-0.2, 0) is 16.0 Å². The number of carbonyl (C=O) groups excluding carboxylic acids is 1. The summed E-state index contributed by atoms with van der Waals surface area (Å²) in [7, 11) is 1.27. The van der Waals surface area contributed by atoms with Crippen LogP contribution in [0.25, 0.3) is 6.08 Å². The second kappa shape index (κ2) is 11.2. The van der Waals surface area contributed by atoms with Crippen LogP contribution in [-0.4, -0.2) is 32.3 Å².